The quantitative estimate of drug-likeness (QED) is 0.919. The van der Waals surface area contributed by atoms with Crippen LogP contribution in [0.4, 0.5) is 13.2 Å². The molecule has 1 N–H and O–H groups in total. The van der Waals surface area contributed by atoms with Gasteiger partial charge in [-0.15, -0.1) is 0 Å². The van der Waals surface area contributed by atoms with Crippen LogP contribution in [0.25, 0.3) is 0 Å². The number of carboxylic acids is 1. The number of hydrogen-bond donors (Lipinski definition) is 1. The van der Waals surface area contributed by atoms with Crippen molar-refractivity contribution in [2.45, 2.75) is 23.5 Å². The maximum absolute atomic E-state index is 12.6. The first-order valence-corrected chi connectivity index (χ1v) is 7.00. The first-order valence-electron chi connectivity index (χ1n) is 5.56. The summed E-state index contributed by atoms with van der Waals surface area (Å²) in [5.74, 6) is -1.31. The molecular formula is C11H10F3NO4S. The molecule has 1 aliphatic heterocycles. The van der Waals surface area contributed by atoms with Crippen LogP contribution in [0.15, 0.2) is 29.2 Å². The van der Waals surface area contributed by atoms with Crippen LogP contribution in [0.1, 0.15) is 12.0 Å². The Kier molecular flexibility index (Phi) is 3.51. The van der Waals surface area contributed by atoms with Crippen LogP contribution in [0.5, 0.6) is 0 Å². The summed E-state index contributed by atoms with van der Waals surface area (Å²) in [5.41, 5.74) is -1.09. The Morgan fingerprint density at radius 3 is 2.45 bits per heavy atom. The molecule has 5 nitrogen and oxygen atoms in total. The first-order chi connectivity index (χ1) is 9.14. The maximum atomic E-state index is 12.6. The van der Waals surface area contributed by atoms with Gasteiger partial charge in [-0.25, -0.2) is 8.42 Å². The number of carbonyl (C=O) groups is 1. The molecule has 1 heterocycles. The van der Waals surface area contributed by atoms with Crippen LogP contribution in [0, 0.1) is 0 Å². The predicted molar refractivity (Wildman–Crippen MR) is 61.4 cm³/mol. The van der Waals surface area contributed by atoms with Gasteiger partial charge in [0.25, 0.3) is 0 Å². The number of hydrogen-bond acceptors (Lipinski definition) is 3. The zero-order valence-corrected chi connectivity index (χ0v) is 10.8. The molecule has 1 unspecified atom stereocenters. The van der Waals surface area contributed by atoms with E-state index >= 15 is 0 Å². The number of sulfonamides is 1. The summed E-state index contributed by atoms with van der Waals surface area (Å²) in [5, 5.41) is 8.81. The number of nitrogens with zero attached hydrogens (tertiary/aromatic N) is 1. The van der Waals surface area contributed by atoms with E-state index in [1.165, 1.54) is 0 Å². The van der Waals surface area contributed by atoms with Gasteiger partial charge in [0.1, 0.15) is 6.04 Å². The van der Waals surface area contributed by atoms with E-state index in [9.17, 15) is 26.4 Å². The van der Waals surface area contributed by atoms with E-state index in [1.54, 1.807) is 0 Å². The Labute approximate surface area is 112 Å². The fourth-order valence-electron chi connectivity index (χ4n) is 1.87. The molecule has 1 aromatic rings. The molecule has 1 aliphatic rings. The molecule has 0 aromatic heterocycles. The van der Waals surface area contributed by atoms with Crippen molar-refractivity contribution in [3.63, 3.8) is 0 Å². The van der Waals surface area contributed by atoms with Crippen molar-refractivity contribution < 1.29 is 31.5 Å². The number of benzene rings is 1. The molecule has 0 saturated carbocycles. The minimum atomic E-state index is -4.66. The lowest BCUT2D eigenvalue weighted by Crippen LogP contribution is -2.54. The second-order valence-electron chi connectivity index (χ2n) is 4.28. The number of aliphatic carboxylic acids is 1. The van der Waals surface area contributed by atoms with E-state index in [1.807, 2.05) is 0 Å². The number of rotatable bonds is 3. The Morgan fingerprint density at radius 2 is 2.00 bits per heavy atom. The zero-order valence-electron chi connectivity index (χ0n) is 9.96. The molecule has 1 aromatic carbocycles. The van der Waals surface area contributed by atoms with Gasteiger partial charge in [0.15, 0.2) is 0 Å². The molecule has 2 rings (SSSR count). The third-order valence-corrected chi connectivity index (χ3v) is 4.93. The number of halogens is 3. The molecular weight excluding hydrogens is 299 g/mol. The Hall–Kier alpha value is -1.61. The van der Waals surface area contributed by atoms with E-state index in [0.29, 0.717) is 10.4 Å². The van der Waals surface area contributed by atoms with E-state index in [0.717, 1.165) is 18.2 Å². The minimum Gasteiger partial charge on any atom is -0.480 e. The summed E-state index contributed by atoms with van der Waals surface area (Å²) in [7, 11) is -4.23. The Morgan fingerprint density at radius 1 is 1.35 bits per heavy atom. The van der Waals surface area contributed by atoms with Crippen LogP contribution in [-0.2, 0) is 21.0 Å². The standard InChI is InChI=1S/C11H10F3NO4S/c12-11(13,14)7-2-1-3-8(6-7)20(18,19)15-5-4-9(15)10(16)17/h1-3,6,9H,4-5H2,(H,16,17). The van der Waals surface area contributed by atoms with Crippen LogP contribution < -0.4 is 0 Å². The van der Waals surface area contributed by atoms with Crippen molar-refractivity contribution in [1.29, 1.82) is 0 Å². The summed E-state index contributed by atoms with van der Waals surface area (Å²) in [6, 6.07) is 2.04. The molecule has 110 valence electrons. The van der Waals surface area contributed by atoms with Crippen LogP contribution in [0.2, 0.25) is 0 Å². The molecule has 0 amide bonds. The lowest BCUT2D eigenvalue weighted by molar-refractivity contribution is -0.144. The van der Waals surface area contributed by atoms with Crippen molar-refractivity contribution in [3.8, 4) is 0 Å². The first kappa shape index (κ1) is 14.8. The average molecular weight is 309 g/mol. The Bertz CT molecular complexity index is 641. The van der Waals surface area contributed by atoms with Crippen LogP contribution in [0.3, 0.4) is 0 Å². The molecule has 1 fully saturated rings. The van der Waals surface area contributed by atoms with Crippen molar-refractivity contribution >= 4 is 16.0 Å². The van der Waals surface area contributed by atoms with Crippen LogP contribution >= 0.6 is 0 Å². The molecule has 0 radical (unpaired) electrons. The van der Waals surface area contributed by atoms with Crippen molar-refractivity contribution in [3.05, 3.63) is 29.8 Å². The highest BCUT2D eigenvalue weighted by Crippen LogP contribution is 2.33. The monoisotopic (exact) mass is 309 g/mol. The summed E-state index contributed by atoms with van der Waals surface area (Å²) >= 11 is 0. The second-order valence-corrected chi connectivity index (χ2v) is 6.17. The third-order valence-electron chi connectivity index (χ3n) is 3.02. The van der Waals surface area contributed by atoms with E-state index in [4.69, 9.17) is 5.11 Å². The molecule has 20 heavy (non-hydrogen) atoms. The summed E-state index contributed by atoms with van der Waals surface area (Å²) in [6.07, 6.45) is -4.51. The summed E-state index contributed by atoms with van der Waals surface area (Å²) in [4.78, 5) is 10.3. The molecule has 0 bridgehead atoms. The van der Waals surface area contributed by atoms with Gasteiger partial charge in [0.2, 0.25) is 10.0 Å². The fraction of sp³-hybridized carbons (Fsp3) is 0.364. The van der Waals surface area contributed by atoms with E-state index in [2.05, 4.69) is 0 Å². The minimum absolute atomic E-state index is 0.0183. The highest BCUT2D eigenvalue weighted by molar-refractivity contribution is 7.89. The van der Waals surface area contributed by atoms with Crippen molar-refractivity contribution in [1.82, 2.24) is 4.31 Å². The highest BCUT2D eigenvalue weighted by atomic mass is 32.2. The molecule has 1 atom stereocenters. The van der Waals surface area contributed by atoms with Gasteiger partial charge in [-0.3, -0.25) is 4.79 Å². The van der Waals surface area contributed by atoms with Crippen molar-refractivity contribution in [2.24, 2.45) is 0 Å². The average Bonchev–Trinajstić information content (AvgIpc) is 2.25. The molecule has 0 spiro atoms. The van der Waals surface area contributed by atoms with Gasteiger partial charge in [0.05, 0.1) is 10.5 Å². The number of alkyl halides is 3. The molecule has 1 saturated heterocycles. The maximum Gasteiger partial charge on any atom is 0.416 e. The van der Waals surface area contributed by atoms with Gasteiger partial charge < -0.3 is 5.11 Å². The van der Waals surface area contributed by atoms with Gasteiger partial charge >= 0.3 is 12.1 Å². The van der Waals surface area contributed by atoms with Gasteiger partial charge in [0, 0.05) is 6.54 Å². The lowest BCUT2D eigenvalue weighted by Gasteiger charge is -2.36. The molecule has 0 aliphatic carbocycles. The Balaban J connectivity index is 2.38. The topological polar surface area (TPSA) is 74.7 Å². The van der Waals surface area contributed by atoms with Gasteiger partial charge in [-0.1, -0.05) is 6.07 Å². The summed E-state index contributed by atoms with van der Waals surface area (Å²) in [6.45, 7) is -0.0183. The third kappa shape index (κ3) is 2.50. The van der Waals surface area contributed by atoms with Gasteiger partial charge in [-0.2, -0.15) is 17.5 Å². The lowest BCUT2D eigenvalue weighted by atomic mass is 10.1. The van der Waals surface area contributed by atoms with Crippen LogP contribution in [-0.4, -0.2) is 36.4 Å². The zero-order chi connectivity index (χ0) is 15.1. The summed E-state index contributed by atoms with van der Waals surface area (Å²) < 4.78 is 62.6. The second kappa shape index (κ2) is 4.74. The number of carboxylic acid groups (broad SMARTS) is 1. The largest absolute Gasteiger partial charge is 0.480 e. The normalized spacial score (nSPS) is 20.4. The SMILES string of the molecule is O=C(O)C1CCN1S(=O)(=O)c1cccc(C(F)(F)F)c1. The highest BCUT2D eigenvalue weighted by Gasteiger charge is 2.43. The van der Waals surface area contributed by atoms with E-state index in [-0.39, 0.29) is 13.0 Å². The van der Waals surface area contributed by atoms with E-state index < -0.39 is 38.7 Å². The van der Waals surface area contributed by atoms with Gasteiger partial charge in [-0.05, 0) is 24.6 Å². The molecule has 9 heteroatoms. The fourth-order valence-corrected chi connectivity index (χ4v) is 3.54. The van der Waals surface area contributed by atoms with Crippen molar-refractivity contribution in [2.75, 3.05) is 6.54 Å². The predicted octanol–water partition coefficient (Wildman–Crippen LogP) is 1.55. The smallest absolute Gasteiger partial charge is 0.416 e.